The molecule has 4 rings (SSSR count). The molecule has 0 bridgehead atoms. The number of carbonyl (C=O) groups excluding carboxylic acids is 1. The second kappa shape index (κ2) is 8.33. The zero-order valence-corrected chi connectivity index (χ0v) is 16.2. The number of benzene rings is 2. The molecule has 2 aliphatic rings. The monoisotopic (exact) mass is 421 g/mol. The molecule has 0 radical (unpaired) electrons. The molecule has 2 aromatic carbocycles. The molecule has 1 fully saturated rings. The fourth-order valence-corrected chi connectivity index (χ4v) is 3.52. The number of para-hydroxylation sites is 2. The van der Waals surface area contributed by atoms with Crippen molar-refractivity contribution in [2.75, 3.05) is 44.2 Å². The number of amides is 2. The van der Waals surface area contributed by atoms with E-state index in [4.69, 9.17) is 9.47 Å². The smallest absolute Gasteiger partial charge is 0.416 e. The number of hydrogen-bond donors (Lipinski definition) is 1. The number of alkyl halides is 3. The van der Waals surface area contributed by atoms with Crippen LogP contribution in [0.25, 0.3) is 0 Å². The van der Waals surface area contributed by atoms with Gasteiger partial charge in [-0.2, -0.15) is 13.2 Å². The summed E-state index contributed by atoms with van der Waals surface area (Å²) in [5.74, 6) is 1.34. The van der Waals surface area contributed by atoms with Crippen molar-refractivity contribution in [3.63, 3.8) is 0 Å². The Labute approximate surface area is 172 Å². The van der Waals surface area contributed by atoms with Gasteiger partial charge in [0.2, 0.25) is 0 Å². The van der Waals surface area contributed by atoms with Gasteiger partial charge in [0.1, 0.15) is 6.61 Å². The lowest BCUT2D eigenvalue weighted by Gasteiger charge is -2.36. The third-order valence-electron chi connectivity index (χ3n) is 5.15. The normalized spacial score (nSPS) is 18.8. The number of hydrogen-bond acceptors (Lipinski definition) is 4. The standard InChI is InChI=1S/C21H22F3N3O3/c22-21(23,24)15-4-3-5-16(12-15)26-8-10-27(11-9-26)20(28)25-13-17-14-29-18-6-1-2-7-19(18)30-17/h1-7,12,17H,8-11,13-14H2,(H,25,28). The summed E-state index contributed by atoms with van der Waals surface area (Å²) in [6.45, 7) is 2.43. The number of fused-ring (bicyclic) bond motifs is 1. The van der Waals surface area contributed by atoms with E-state index in [2.05, 4.69) is 5.32 Å². The molecule has 160 valence electrons. The molecule has 0 spiro atoms. The fourth-order valence-electron chi connectivity index (χ4n) is 3.52. The number of nitrogens with zero attached hydrogens (tertiary/aromatic N) is 2. The van der Waals surface area contributed by atoms with Crippen molar-refractivity contribution in [2.24, 2.45) is 0 Å². The molecule has 1 N–H and O–H groups in total. The number of halogens is 3. The highest BCUT2D eigenvalue weighted by molar-refractivity contribution is 5.74. The van der Waals surface area contributed by atoms with E-state index >= 15 is 0 Å². The van der Waals surface area contributed by atoms with Crippen molar-refractivity contribution in [1.29, 1.82) is 0 Å². The minimum atomic E-state index is -4.37. The highest BCUT2D eigenvalue weighted by Gasteiger charge is 2.31. The van der Waals surface area contributed by atoms with Gasteiger partial charge in [-0.1, -0.05) is 18.2 Å². The average Bonchev–Trinajstić information content (AvgIpc) is 2.77. The number of piperazine rings is 1. The van der Waals surface area contributed by atoms with E-state index in [0.717, 1.165) is 12.1 Å². The predicted octanol–water partition coefficient (Wildman–Crippen LogP) is 3.38. The molecular weight excluding hydrogens is 399 g/mol. The molecule has 1 atom stereocenters. The molecule has 1 unspecified atom stereocenters. The topological polar surface area (TPSA) is 54.0 Å². The molecule has 2 amide bonds. The van der Waals surface area contributed by atoms with Crippen LogP contribution in [0.5, 0.6) is 11.5 Å². The summed E-state index contributed by atoms with van der Waals surface area (Å²) < 4.78 is 50.2. The van der Waals surface area contributed by atoms with E-state index in [1.807, 2.05) is 29.2 Å². The van der Waals surface area contributed by atoms with E-state index < -0.39 is 11.7 Å². The Morgan fingerprint density at radius 1 is 1.03 bits per heavy atom. The first-order chi connectivity index (χ1) is 14.4. The summed E-state index contributed by atoms with van der Waals surface area (Å²) in [4.78, 5) is 16.0. The lowest BCUT2D eigenvalue weighted by Crippen LogP contribution is -2.53. The zero-order chi connectivity index (χ0) is 21.1. The zero-order valence-electron chi connectivity index (χ0n) is 16.2. The molecular formula is C21H22F3N3O3. The maximum atomic E-state index is 12.9. The van der Waals surface area contributed by atoms with Crippen molar-refractivity contribution in [2.45, 2.75) is 12.3 Å². The average molecular weight is 421 g/mol. The molecule has 2 heterocycles. The van der Waals surface area contributed by atoms with Crippen molar-refractivity contribution in [1.82, 2.24) is 10.2 Å². The lowest BCUT2D eigenvalue weighted by atomic mass is 10.1. The lowest BCUT2D eigenvalue weighted by molar-refractivity contribution is -0.137. The van der Waals surface area contributed by atoms with Crippen LogP contribution in [0.15, 0.2) is 48.5 Å². The minimum absolute atomic E-state index is 0.221. The Morgan fingerprint density at radius 2 is 1.77 bits per heavy atom. The SMILES string of the molecule is O=C(NCC1COc2ccccc2O1)N1CCN(c2cccc(C(F)(F)F)c2)CC1. The van der Waals surface area contributed by atoms with Crippen molar-refractivity contribution in [3.8, 4) is 11.5 Å². The van der Waals surface area contributed by atoms with Crippen LogP contribution in [0.2, 0.25) is 0 Å². The number of anilines is 1. The molecule has 0 aromatic heterocycles. The number of urea groups is 1. The molecule has 2 aromatic rings. The van der Waals surface area contributed by atoms with Gasteiger partial charge in [0.05, 0.1) is 12.1 Å². The quantitative estimate of drug-likeness (QED) is 0.826. The van der Waals surface area contributed by atoms with E-state index in [0.29, 0.717) is 56.5 Å². The summed E-state index contributed by atoms with van der Waals surface area (Å²) in [5.41, 5.74) is -0.159. The maximum absolute atomic E-state index is 12.9. The molecule has 0 saturated carbocycles. The number of carbonyl (C=O) groups is 1. The van der Waals surface area contributed by atoms with Crippen molar-refractivity contribution < 1.29 is 27.4 Å². The molecule has 0 aliphatic carbocycles. The highest BCUT2D eigenvalue weighted by atomic mass is 19.4. The van der Waals surface area contributed by atoms with Crippen LogP contribution < -0.4 is 19.7 Å². The number of ether oxygens (including phenoxy) is 2. The Morgan fingerprint density at radius 3 is 2.50 bits per heavy atom. The van der Waals surface area contributed by atoms with Crippen molar-refractivity contribution >= 4 is 11.7 Å². The third kappa shape index (κ3) is 4.55. The van der Waals surface area contributed by atoms with Gasteiger partial charge < -0.3 is 24.6 Å². The van der Waals surface area contributed by atoms with Gasteiger partial charge in [0.15, 0.2) is 17.6 Å². The molecule has 6 nitrogen and oxygen atoms in total. The molecule has 2 aliphatic heterocycles. The third-order valence-corrected chi connectivity index (χ3v) is 5.15. The molecule has 30 heavy (non-hydrogen) atoms. The predicted molar refractivity (Wildman–Crippen MR) is 105 cm³/mol. The Bertz CT molecular complexity index is 898. The van der Waals surface area contributed by atoms with Gasteiger partial charge in [-0.05, 0) is 30.3 Å². The van der Waals surface area contributed by atoms with E-state index in [1.54, 1.807) is 11.0 Å². The Balaban J connectivity index is 1.26. The van der Waals surface area contributed by atoms with Crippen LogP contribution in [0.3, 0.4) is 0 Å². The summed E-state index contributed by atoms with van der Waals surface area (Å²) in [6.07, 6.45) is -4.65. The summed E-state index contributed by atoms with van der Waals surface area (Å²) in [7, 11) is 0. The first-order valence-corrected chi connectivity index (χ1v) is 9.73. The van der Waals surface area contributed by atoms with E-state index in [9.17, 15) is 18.0 Å². The van der Waals surface area contributed by atoms with Crippen LogP contribution in [-0.4, -0.2) is 56.4 Å². The van der Waals surface area contributed by atoms with Crippen LogP contribution >= 0.6 is 0 Å². The summed E-state index contributed by atoms with van der Waals surface area (Å²) >= 11 is 0. The second-order valence-electron chi connectivity index (χ2n) is 7.21. The highest BCUT2D eigenvalue weighted by Crippen LogP contribution is 2.32. The van der Waals surface area contributed by atoms with Crippen LogP contribution in [-0.2, 0) is 6.18 Å². The van der Waals surface area contributed by atoms with E-state index in [-0.39, 0.29) is 12.1 Å². The van der Waals surface area contributed by atoms with E-state index in [1.165, 1.54) is 6.07 Å². The van der Waals surface area contributed by atoms with Gasteiger partial charge in [0, 0.05) is 31.9 Å². The number of nitrogens with one attached hydrogen (secondary N) is 1. The molecule has 1 saturated heterocycles. The minimum Gasteiger partial charge on any atom is -0.486 e. The van der Waals surface area contributed by atoms with Crippen LogP contribution in [0, 0.1) is 0 Å². The molecule has 9 heteroatoms. The van der Waals surface area contributed by atoms with Gasteiger partial charge in [-0.3, -0.25) is 0 Å². The van der Waals surface area contributed by atoms with Gasteiger partial charge in [-0.25, -0.2) is 4.79 Å². The maximum Gasteiger partial charge on any atom is 0.416 e. The van der Waals surface area contributed by atoms with Crippen LogP contribution in [0.1, 0.15) is 5.56 Å². The Kier molecular flexibility index (Phi) is 5.61. The fraction of sp³-hybridized carbons (Fsp3) is 0.381. The summed E-state index contributed by atoms with van der Waals surface area (Å²) in [5, 5.41) is 2.85. The number of rotatable bonds is 3. The van der Waals surface area contributed by atoms with Gasteiger partial charge in [-0.15, -0.1) is 0 Å². The van der Waals surface area contributed by atoms with Crippen LogP contribution in [0.4, 0.5) is 23.7 Å². The first kappa shape index (κ1) is 20.2. The van der Waals surface area contributed by atoms with Crippen molar-refractivity contribution in [3.05, 3.63) is 54.1 Å². The Hall–Kier alpha value is -3.10. The summed E-state index contributed by atoms with van der Waals surface area (Å²) in [6, 6.07) is 12.4. The second-order valence-corrected chi connectivity index (χ2v) is 7.21. The largest absolute Gasteiger partial charge is 0.486 e. The first-order valence-electron chi connectivity index (χ1n) is 9.73. The van der Waals surface area contributed by atoms with Gasteiger partial charge in [0.25, 0.3) is 0 Å². The van der Waals surface area contributed by atoms with Gasteiger partial charge >= 0.3 is 12.2 Å².